The van der Waals surface area contributed by atoms with Crippen LogP contribution in [0.4, 0.5) is 0 Å². The average molecular weight is 169 g/mol. The molecule has 0 unspecified atom stereocenters. The van der Waals surface area contributed by atoms with E-state index in [9.17, 15) is 4.79 Å². The highest BCUT2D eigenvalue weighted by molar-refractivity contribution is 5.75. The van der Waals surface area contributed by atoms with Crippen molar-refractivity contribution in [2.24, 2.45) is 5.73 Å². The predicted molar refractivity (Wildman–Crippen MR) is 42.1 cm³/mol. The predicted octanol–water partition coefficient (Wildman–Crippen LogP) is -1.65. The van der Waals surface area contributed by atoms with Gasteiger partial charge in [-0.15, -0.1) is 5.10 Å². The van der Waals surface area contributed by atoms with Crippen LogP contribution in [-0.2, 0) is 11.3 Å². The van der Waals surface area contributed by atoms with Crippen LogP contribution in [-0.4, -0.2) is 34.0 Å². The quantitative estimate of drug-likeness (QED) is 0.517. The van der Waals surface area contributed by atoms with E-state index >= 15 is 0 Å². The molecule has 0 atom stereocenters. The van der Waals surface area contributed by atoms with Crippen molar-refractivity contribution >= 4 is 5.91 Å². The lowest BCUT2D eigenvalue weighted by Gasteiger charge is -2.00. The van der Waals surface area contributed by atoms with Gasteiger partial charge in [-0.05, 0) is 0 Å². The lowest BCUT2D eigenvalue weighted by atomic mass is 10.5. The van der Waals surface area contributed by atoms with Gasteiger partial charge in [0.05, 0.1) is 19.3 Å². The highest BCUT2D eigenvalue weighted by Crippen LogP contribution is 1.77. The SMILES string of the molecule is NC(=O)CNCCn1ccnn1. The lowest BCUT2D eigenvalue weighted by Crippen LogP contribution is -2.30. The Kier molecular flexibility index (Phi) is 3.21. The van der Waals surface area contributed by atoms with E-state index in [-0.39, 0.29) is 12.5 Å². The Morgan fingerprint density at radius 3 is 3.08 bits per heavy atom. The van der Waals surface area contributed by atoms with Crippen molar-refractivity contribution in [3.05, 3.63) is 12.4 Å². The van der Waals surface area contributed by atoms with Crippen molar-refractivity contribution in [1.82, 2.24) is 20.3 Å². The number of nitrogens with one attached hydrogen (secondary N) is 1. The summed E-state index contributed by atoms with van der Waals surface area (Å²) < 4.78 is 1.67. The van der Waals surface area contributed by atoms with Gasteiger partial charge in [-0.25, -0.2) is 0 Å². The number of rotatable bonds is 5. The van der Waals surface area contributed by atoms with Gasteiger partial charge in [0, 0.05) is 12.7 Å². The van der Waals surface area contributed by atoms with Gasteiger partial charge in [-0.1, -0.05) is 5.21 Å². The van der Waals surface area contributed by atoms with Crippen molar-refractivity contribution < 1.29 is 4.79 Å². The molecule has 0 aliphatic rings. The third-order valence-corrected chi connectivity index (χ3v) is 1.29. The summed E-state index contributed by atoms with van der Waals surface area (Å²) in [6.07, 6.45) is 3.36. The second-order valence-corrected chi connectivity index (χ2v) is 2.31. The summed E-state index contributed by atoms with van der Waals surface area (Å²) in [6, 6.07) is 0. The maximum absolute atomic E-state index is 10.3. The molecule has 1 heterocycles. The monoisotopic (exact) mass is 169 g/mol. The Labute approximate surface area is 69.7 Å². The smallest absolute Gasteiger partial charge is 0.231 e. The first-order valence-electron chi connectivity index (χ1n) is 3.62. The molecule has 1 aromatic rings. The van der Waals surface area contributed by atoms with Gasteiger partial charge in [0.1, 0.15) is 0 Å². The average Bonchev–Trinajstić information content (AvgIpc) is 2.49. The summed E-state index contributed by atoms with van der Waals surface area (Å²) in [6.45, 7) is 1.55. The summed E-state index contributed by atoms with van der Waals surface area (Å²) in [4.78, 5) is 10.3. The molecule has 12 heavy (non-hydrogen) atoms. The molecular formula is C6H11N5O. The van der Waals surface area contributed by atoms with E-state index in [2.05, 4.69) is 15.6 Å². The summed E-state index contributed by atoms with van der Waals surface area (Å²) in [5.74, 6) is -0.353. The topological polar surface area (TPSA) is 85.8 Å². The fourth-order valence-electron chi connectivity index (χ4n) is 0.757. The van der Waals surface area contributed by atoms with Crippen LogP contribution >= 0.6 is 0 Å². The fourth-order valence-corrected chi connectivity index (χ4v) is 0.757. The van der Waals surface area contributed by atoms with Crippen molar-refractivity contribution in [1.29, 1.82) is 0 Å². The first-order chi connectivity index (χ1) is 5.79. The van der Waals surface area contributed by atoms with Crippen LogP contribution in [0, 0.1) is 0 Å². The van der Waals surface area contributed by atoms with Crippen LogP contribution in [0.15, 0.2) is 12.4 Å². The van der Waals surface area contributed by atoms with Gasteiger partial charge >= 0.3 is 0 Å². The van der Waals surface area contributed by atoms with Crippen LogP contribution in [0.3, 0.4) is 0 Å². The summed E-state index contributed by atoms with van der Waals surface area (Å²) in [5.41, 5.74) is 4.92. The van der Waals surface area contributed by atoms with Crippen LogP contribution in [0.5, 0.6) is 0 Å². The fraction of sp³-hybridized carbons (Fsp3) is 0.500. The van der Waals surface area contributed by atoms with Crippen molar-refractivity contribution in [3.63, 3.8) is 0 Å². The first kappa shape index (κ1) is 8.66. The molecule has 6 heteroatoms. The van der Waals surface area contributed by atoms with E-state index < -0.39 is 0 Å². The normalized spacial score (nSPS) is 10.0. The molecule has 0 saturated carbocycles. The molecule has 1 aromatic heterocycles. The number of hydrogen-bond acceptors (Lipinski definition) is 4. The van der Waals surface area contributed by atoms with E-state index in [4.69, 9.17) is 5.73 Å². The maximum Gasteiger partial charge on any atom is 0.231 e. The number of hydrogen-bond donors (Lipinski definition) is 2. The zero-order valence-corrected chi connectivity index (χ0v) is 6.60. The molecule has 0 spiro atoms. The second-order valence-electron chi connectivity index (χ2n) is 2.31. The van der Waals surface area contributed by atoms with E-state index in [0.717, 1.165) is 0 Å². The number of amides is 1. The van der Waals surface area contributed by atoms with E-state index in [1.165, 1.54) is 0 Å². The highest BCUT2D eigenvalue weighted by Gasteiger charge is 1.93. The maximum atomic E-state index is 10.3. The van der Waals surface area contributed by atoms with Gasteiger partial charge in [-0.2, -0.15) is 0 Å². The third-order valence-electron chi connectivity index (χ3n) is 1.29. The van der Waals surface area contributed by atoms with E-state index in [0.29, 0.717) is 13.1 Å². The van der Waals surface area contributed by atoms with Crippen LogP contribution in [0.2, 0.25) is 0 Å². The number of nitrogens with two attached hydrogens (primary N) is 1. The minimum atomic E-state index is -0.353. The molecule has 0 aromatic carbocycles. The third kappa shape index (κ3) is 3.11. The minimum absolute atomic E-state index is 0.203. The number of carbonyl (C=O) groups excluding carboxylic acids is 1. The van der Waals surface area contributed by atoms with E-state index in [1.807, 2.05) is 0 Å². The van der Waals surface area contributed by atoms with Crippen molar-refractivity contribution in [2.75, 3.05) is 13.1 Å². The van der Waals surface area contributed by atoms with Crippen molar-refractivity contribution in [3.8, 4) is 0 Å². The number of nitrogens with zero attached hydrogens (tertiary/aromatic N) is 3. The minimum Gasteiger partial charge on any atom is -0.369 e. The van der Waals surface area contributed by atoms with Gasteiger partial charge in [0.2, 0.25) is 5.91 Å². The van der Waals surface area contributed by atoms with Gasteiger partial charge < -0.3 is 11.1 Å². The summed E-state index contributed by atoms with van der Waals surface area (Å²) >= 11 is 0. The van der Waals surface area contributed by atoms with Crippen LogP contribution in [0.1, 0.15) is 0 Å². The second kappa shape index (κ2) is 4.45. The highest BCUT2D eigenvalue weighted by atomic mass is 16.1. The van der Waals surface area contributed by atoms with Crippen LogP contribution < -0.4 is 11.1 Å². The molecule has 0 aliphatic heterocycles. The largest absolute Gasteiger partial charge is 0.369 e. The Morgan fingerprint density at radius 1 is 1.67 bits per heavy atom. The molecule has 0 fully saturated rings. The molecule has 66 valence electrons. The van der Waals surface area contributed by atoms with E-state index in [1.54, 1.807) is 17.1 Å². The summed E-state index contributed by atoms with van der Waals surface area (Å²) in [7, 11) is 0. The Bertz CT molecular complexity index is 232. The zero-order valence-electron chi connectivity index (χ0n) is 6.60. The Balaban J connectivity index is 2.07. The molecule has 0 radical (unpaired) electrons. The number of carbonyl (C=O) groups is 1. The standard InChI is InChI=1S/C6H11N5O/c7-6(12)5-8-1-3-11-4-2-9-10-11/h2,4,8H,1,3,5H2,(H2,7,12). The van der Waals surface area contributed by atoms with Crippen LogP contribution in [0.25, 0.3) is 0 Å². The lowest BCUT2D eigenvalue weighted by molar-refractivity contribution is -0.117. The van der Waals surface area contributed by atoms with Crippen molar-refractivity contribution in [2.45, 2.75) is 6.54 Å². The number of aromatic nitrogens is 3. The molecule has 0 bridgehead atoms. The molecule has 1 amide bonds. The van der Waals surface area contributed by atoms with Gasteiger partial charge in [-0.3, -0.25) is 9.48 Å². The molecule has 3 N–H and O–H groups in total. The Morgan fingerprint density at radius 2 is 2.50 bits per heavy atom. The van der Waals surface area contributed by atoms with Gasteiger partial charge in [0.25, 0.3) is 0 Å². The first-order valence-corrected chi connectivity index (χ1v) is 3.62. The number of primary amides is 1. The molecular weight excluding hydrogens is 158 g/mol. The van der Waals surface area contributed by atoms with Gasteiger partial charge in [0.15, 0.2) is 0 Å². The molecule has 0 saturated heterocycles. The molecule has 0 aliphatic carbocycles. The molecule has 1 rings (SSSR count). The Hall–Kier alpha value is -1.43. The summed E-state index contributed by atoms with van der Waals surface area (Å²) in [5, 5.41) is 10.2. The molecule has 6 nitrogen and oxygen atoms in total. The zero-order chi connectivity index (χ0) is 8.81.